The number of hydrogen-bond acceptors (Lipinski definition) is 8. The van der Waals surface area contributed by atoms with Crippen LogP contribution < -0.4 is 9.47 Å². The molecule has 0 radical (unpaired) electrons. The average Bonchev–Trinajstić information content (AvgIpc) is 3.44. The number of hydrogen-bond donors (Lipinski definition) is 0. The summed E-state index contributed by atoms with van der Waals surface area (Å²) in [6.07, 6.45) is 5.79. The van der Waals surface area contributed by atoms with Gasteiger partial charge in [0.25, 0.3) is 0 Å². The fourth-order valence-corrected chi connectivity index (χ4v) is 7.70. The molecule has 232 valence electrons. The highest BCUT2D eigenvalue weighted by molar-refractivity contribution is 5.76. The van der Waals surface area contributed by atoms with Crippen molar-refractivity contribution in [3.8, 4) is 11.5 Å². The van der Waals surface area contributed by atoms with Gasteiger partial charge >= 0.3 is 11.9 Å². The molecule has 5 unspecified atom stereocenters. The second-order valence-corrected chi connectivity index (χ2v) is 13.0. The van der Waals surface area contributed by atoms with Crippen LogP contribution in [0.3, 0.4) is 0 Å². The van der Waals surface area contributed by atoms with E-state index in [1.165, 1.54) is 5.56 Å². The summed E-state index contributed by atoms with van der Waals surface area (Å²) >= 11 is 0. The van der Waals surface area contributed by atoms with E-state index in [4.69, 9.17) is 18.9 Å². The van der Waals surface area contributed by atoms with E-state index in [0.717, 1.165) is 60.9 Å². The zero-order valence-electron chi connectivity index (χ0n) is 26.1. The molecule has 0 bridgehead atoms. The maximum absolute atomic E-state index is 13.2. The average molecular weight is 591 g/mol. The van der Waals surface area contributed by atoms with Gasteiger partial charge in [0.2, 0.25) is 0 Å². The largest absolute Gasteiger partial charge is 0.425 e. The van der Waals surface area contributed by atoms with E-state index in [1.54, 1.807) is 0 Å². The summed E-state index contributed by atoms with van der Waals surface area (Å²) in [7, 11) is 0. The number of benzene rings is 2. The molecule has 2 saturated heterocycles. The van der Waals surface area contributed by atoms with Crippen molar-refractivity contribution in [1.82, 2.24) is 9.80 Å². The summed E-state index contributed by atoms with van der Waals surface area (Å²) < 4.78 is 24.1. The van der Waals surface area contributed by atoms with E-state index >= 15 is 0 Å². The molecule has 2 aromatic carbocycles. The molecule has 4 fully saturated rings. The zero-order chi connectivity index (χ0) is 30.1. The first-order chi connectivity index (χ1) is 20.8. The van der Waals surface area contributed by atoms with Crippen LogP contribution in [-0.2, 0) is 19.1 Å². The summed E-state index contributed by atoms with van der Waals surface area (Å²) in [6, 6.07) is 10.5. The first kappa shape index (κ1) is 30.3. The Balaban J connectivity index is 1.08. The SMILES string of the molecule is Cc1cccc(C)c1OC(=O)CN1CCOC(C2CCC2c2ccc(C)c(OC(=O)CN3CCOC4CCCC43)c2C)C1. The van der Waals surface area contributed by atoms with Gasteiger partial charge in [-0.15, -0.1) is 0 Å². The standard InChI is InChI=1S/C35H46N2O6/c1-22-7-5-8-23(2)34(22)42-32(38)20-36-15-17-41-31(19-36)28-14-13-27(28)26-12-11-24(3)35(25(26)4)43-33(39)21-37-16-18-40-30-10-6-9-29(30)37/h5,7-8,11-12,27-31H,6,9-10,13-21H2,1-4H3. The number of carbonyl (C=O) groups excluding carboxylic acids is 2. The third kappa shape index (κ3) is 6.53. The van der Waals surface area contributed by atoms with Crippen molar-refractivity contribution in [2.75, 3.05) is 45.9 Å². The summed E-state index contributed by atoms with van der Waals surface area (Å²) in [5.41, 5.74) is 5.20. The van der Waals surface area contributed by atoms with Crippen LogP contribution in [0, 0.1) is 33.6 Å². The second-order valence-electron chi connectivity index (χ2n) is 13.0. The number of rotatable bonds is 8. The van der Waals surface area contributed by atoms with Gasteiger partial charge in [-0.05, 0) is 99.5 Å². The van der Waals surface area contributed by atoms with Gasteiger partial charge in [0.1, 0.15) is 11.5 Å². The second kappa shape index (κ2) is 13.1. The van der Waals surface area contributed by atoms with Gasteiger partial charge in [-0.1, -0.05) is 30.3 Å². The molecule has 0 N–H and O–H groups in total. The molecule has 2 aromatic rings. The number of nitrogens with zero attached hydrogens (tertiary/aromatic N) is 2. The normalized spacial score (nSPS) is 27.8. The van der Waals surface area contributed by atoms with Crippen LogP contribution in [-0.4, -0.2) is 85.9 Å². The molecule has 8 heteroatoms. The Morgan fingerprint density at radius 2 is 1.49 bits per heavy atom. The molecule has 5 atom stereocenters. The zero-order valence-corrected chi connectivity index (χ0v) is 26.1. The van der Waals surface area contributed by atoms with Crippen LogP contribution >= 0.6 is 0 Å². The van der Waals surface area contributed by atoms with Crippen LogP contribution in [0.1, 0.15) is 65.8 Å². The fraction of sp³-hybridized carbons (Fsp3) is 0.600. The van der Waals surface area contributed by atoms with Crippen molar-refractivity contribution in [1.29, 1.82) is 0 Å². The summed E-state index contributed by atoms with van der Waals surface area (Å²) in [5.74, 6) is 1.63. The predicted molar refractivity (Wildman–Crippen MR) is 164 cm³/mol. The van der Waals surface area contributed by atoms with E-state index < -0.39 is 0 Å². The maximum atomic E-state index is 13.2. The molecular formula is C35H46N2O6. The third-order valence-corrected chi connectivity index (χ3v) is 10.1. The van der Waals surface area contributed by atoms with E-state index in [1.807, 2.05) is 39.0 Å². The lowest BCUT2D eigenvalue weighted by Gasteiger charge is -2.46. The van der Waals surface area contributed by atoms with Crippen LogP contribution in [0.15, 0.2) is 30.3 Å². The number of carbonyl (C=O) groups is 2. The minimum absolute atomic E-state index is 0.0490. The molecule has 0 amide bonds. The topological polar surface area (TPSA) is 77.5 Å². The Labute approximate surface area is 255 Å². The summed E-state index contributed by atoms with van der Waals surface area (Å²) in [6.45, 7) is 12.1. The summed E-state index contributed by atoms with van der Waals surface area (Å²) in [5, 5.41) is 0. The van der Waals surface area contributed by atoms with Gasteiger partial charge < -0.3 is 18.9 Å². The summed E-state index contributed by atoms with van der Waals surface area (Å²) in [4.78, 5) is 30.4. The van der Waals surface area contributed by atoms with E-state index in [0.29, 0.717) is 62.2 Å². The number of morpholine rings is 2. The molecule has 2 aliphatic carbocycles. The highest BCUT2D eigenvalue weighted by atomic mass is 16.5. The number of para-hydroxylation sites is 1. The highest BCUT2D eigenvalue weighted by Gasteiger charge is 2.42. The Morgan fingerprint density at radius 1 is 0.791 bits per heavy atom. The molecular weight excluding hydrogens is 544 g/mol. The van der Waals surface area contributed by atoms with Crippen molar-refractivity contribution in [2.45, 2.75) is 84.0 Å². The van der Waals surface area contributed by atoms with Crippen LogP contribution in [0.5, 0.6) is 11.5 Å². The van der Waals surface area contributed by atoms with E-state index in [9.17, 15) is 9.59 Å². The van der Waals surface area contributed by atoms with E-state index in [2.05, 4.69) is 28.9 Å². The number of fused-ring (bicyclic) bond motifs is 1. The predicted octanol–water partition coefficient (Wildman–Crippen LogP) is 4.88. The van der Waals surface area contributed by atoms with Gasteiger partial charge in [0.15, 0.2) is 0 Å². The molecule has 0 spiro atoms. The molecule has 2 heterocycles. The monoisotopic (exact) mass is 590 g/mol. The lowest BCUT2D eigenvalue weighted by Crippen LogP contribution is -2.51. The van der Waals surface area contributed by atoms with Crippen molar-refractivity contribution < 1.29 is 28.5 Å². The maximum Gasteiger partial charge on any atom is 0.325 e. The fourth-order valence-electron chi connectivity index (χ4n) is 7.70. The first-order valence-electron chi connectivity index (χ1n) is 16.1. The molecule has 4 aliphatic rings. The molecule has 43 heavy (non-hydrogen) atoms. The first-order valence-corrected chi connectivity index (χ1v) is 16.1. The quantitative estimate of drug-likeness (QED) is 0.318. The third-order valence-electron chi connectivity index (χ3n) is 10.1. The molecule has 6 rings (SSSR count). The molecule has 2 saturated carbocycles. The Morgan fingerprint density at radius 3 is 2.26 bits per heavy atom. The minimum atomic E-state index is -0.232. The van der Waals surface area contributed by atoms with Crippen LogP contribution in [0.25, 0.3) is 0 Å². The van der Waals surface area contributed by atoms with Gasteiger partial charge in [-0.25, -0.2) is 0 Å². The molecule has 0 aromatic heterocycles. The van der Waals surface area contributed by atoms with Gasteiger partial charge in [-0.2, -0.15) is 0 Å². The van der Waals surface area contributed by atoms with Crippen molar-refractivity contribution >= 4 is 11.9 Å². The molecule has 8 nitrogen and oxygen atoms in total. The van der Waals surface area contributed by atoms with Crippen molar-refractivity contribution in [3.63, 3.8) is 0 Å². The van der Waals surface area contributed by atoms with Gasteiger partial charge in [0.05, 0.1) is 38.5 Å². The van der Waals surface area contributed by atoms with Crippen molar-refractivity contribution in [3.05, 3.63) is 58.1 Å². The lowest BCUT2D eigenvalue weighted by atomic mass is 9.66. The molecule has 2 aliphatic heterocycles. The minimum Gasteiger partial charge on any atom is -0.425 e. The Bertz CT molecular complexity index is 1320. The number of esters is 2. The Hall–Kier alpha value is -2.78. The van der Waals surface area contributed by atoms with Crippen LogP contribution in [0.4, 0.5) is 0 Å². The number of aryl methyl sites for hydroxylation is 3. The highest BCUT2D eigenvalue weighted by Crippen LogP contribution is 2.48. The van der Waals surface area contributed by atoms with Crippen LogP contribution in [0.2, 0.25) is 0 Å². The van der Waals surface area contributed by atoms with Gasteiger partial charge in [-0.3, -0.25) is 19.4 Å². The lowest BCUT2D eigenvalue weighted by molar-refractivity contribution is -0.140. The van der Waals surface area contributed by atoms with Crippen molar-refractivity contribution in [2.24, 2.45) is 5.92 Å². The van der Waals surface area contributed by atoms with Gasteiger partial charge in [0, 0.05) is 25.7 Å². The van der Waals surface area contributed by atoms with E-state index in [-0.39, 0.29) is 30.7 Å². The Kier molecular flexibility index (Phi) is 9.19. The smallest absolute Gasteiger partial charge is 0.325 e. The number of ether oxygens (including phenoxy) is 4.